The summed E-state index contributed by atoms with van der Waals surface area (Å²) >= 11 is 0. The average Bonchev–Trinajstić information content (AvgIpc) is 3.53. The van der Waals surface area contributed by atoms with Crippen LogP contribution in [0.2, 0.25) is 0 Å². The number of nitrogens with one attached hydrogen (secondary N) is 3. The van der Waals surface area contributed by atoms with Crippen LogP contribution in [0.25, 0.3) is 44.3 Å². The Morgan fingerprint density at radius 1 is 0.973 bits per heavy atom. The highest BCUT2D eigenvalue weighted by molar-refractivity contribution is 6.00. The van der Waals surface area contributed by atoms with E-state index in [-0.39, 0.29) is 11.8 Å². The first-order valence-corrected chi connectivity index (χ1v) is 12.6. The summed E-state index contributed by atoms with van der Waals surface area (Å²) in [6.45, 7) is 7.72. The van der Waals surface area contributed by atoms with Gasteiger partial charge in [0.2, 0.25) is 5.91 Å². The van der Waals surface area contributed by atoms with E-state index < -0.39 is 0 Å². The normalized spacial score (nSPS) is 14.6. The fraction of sp³-hybridized carbons (Fsp3) is 0.286. The summed E-state index contributed by atoms with van der Waals surface area (Å²) in [5, 5.41) is 12.9. The first kappa shape index (κ1) is 23.2. The van der Waals surface area contributed by atoms with Gasteiger partial charge in [0.1, 0.15) is 11.5 Å². The highest BCUT2D eigenvalue weighted by Crippen LogP contribution is 2.34. The summed E-state index contributed by atoms with van der Waals surface area (Å²) in [7, 11) is 2.16. The van der Waals surface area contributed by atoms with E-state index in [1.54, 1.807) is 6.20 Å². The van der Waals surface area contributed by atoms with Crippen LogP contribution in [0.15, 0.2) is 55.0 Å². The molecular formula is C28H30N8O. The number of aromatic nitrogens is 5. The molecule has 0 saturated carbocycles. The van der Waals surface area contributed by atoms with Crippen molar-refractivity contribution in [3.05, 3.63) is 55.0 Å². The number of benzene rings is 1. The number of likely N-dealkylation sites (N-methyl/N-ethyl adjacent to an activating group) is 1. The number of aromatic amines is 2. The number of nitrogens with zero attached hydrogens (tertiary/aromatic N) is 5. The minimum absolute atomic E-state index is 0.0317. The third-order valence-corrected chi connectivity index (χ3v) is 7.01. The summed E-state index contributed by atoms with van der Waals surface area (Å²) in [5.74, 6) is 0.882. The standard InChI is InChI=1S/C28H30N8O/c1-17(2)28(37)31-20-12-19(15-29-16-20)18-4-5-24-21(13-18)26(34-33-24)25-14-22-23(32-25)6-7-30-27(22)36-10-8-35(3)9-11-36/h4-7,12-17,32H,8-11H2,1-3H3,(H,31,37)(H,33,34). The van der Waals surface area contributed by atoms with Gasteiger partial charge < -0.3 is 20.1 Å². The molecule has 1 aliphatic rings. The number of pyridine rings is 2. The second kappa shape index (κ2) is 9.33. The maximum Gasteiger partial charge on any atom is 0.226 e. The molecule has 1 saturated heterocycles. The van der Waals surface area contributed by atoms with E-state index in [9.17, 15) is 4.79 Å². The zero-order chi connectivity index (χ0) is 25.5. The van der Waals surface area contributed by atoms with Crippen LogP contribution < -0.4 is 10.2 Å². The van der Waals surface area contributed by atoms with Crippen molar-refractivity contribution in [3.63, 3.8) is 0 Å². The minimum atomic E-state index is -0.100. The number of carbonyl (C=O) groups is 1. The van der Waals surface area contributed by atoms with E-state index in [2.05, 4.69) is 54.5 Å². The van der Waals surface area contributed by atoms with Crippen LogP contribution in [0.3, 0.4) is 0 Å². The van der Waals surface area contributed by atoms with Gasteiger partial charge in [0.25, 0.3) is 0 Å². The van der Waals surface area contributed by atoms with Gasteiger partial charge in [0, 0.05) is 60.8 Å². The van der Waals surface area contributed by atoms with Crippen molar-refractivity contribution in [1.29, 1.82) is 0 Å². The lowest BCUT2D eigenvalue weighted by atomic mass is 10.0. The van der Waals surface area contributed by atoms with E-state index in [0.29, 0.717) is 5.69 Å². The summed E-state index contributed by atoms with van der Waals surface area (Å²) in [5.41, 5.74) is 6.40. The van der Waals surface area contributed by atoms with Gasteiger partial charge in [-0.05, 0) is 42.9 Å². The van der Waals surface area contributed by atoms with Crippen LogP contribution in [0, 0.1) is 5.92 Å². The molecule has 0 atom stereocenters. The summed E-state index contributed by atoms with van der Waals surface area (Å²) < 4.78 is 0. The lowest BCUT2D eigenvalue weighted by Gasteiger charge is -2.33. The Kier molecular flexibility index (Phi) is 5.84. The van der Waals surface area contributed by atoms with Crippen LogP contribution >= 0.6 is 0 Å². The molecule has 0 aliphatic carbocycles. The van der Waals surface area contributed by atoms with Gasteiger partial charge in [0.15, 0.2) is 0 Å². The van der Waals surface area contributed by atoms with E-state index in [1.165, 1.54) is 0 Å². The molecule has 3 N–H and O–H groups in total. The molecule has 4 aromatic heterocycles. The lowest BCUT2D eigenvalue weighted by Crippen LogP contribution is -2.44. The van der Waals surface area contributed by atoms with Gasteiger partial charge in [-0.15, -0.1) is 0 Å². The third-order valence-electron chi connectivity index (χ3n) is 7.01. The smallest absolute Gasteiger partial charge is 0.226 e. The lowest BCUT2D eigenvalue weighted by molar-refractivity contribution is -0.118. The van der Waals surface area contributed by atoms with E-state index in [1.807, 2.05) is 50.5 Å². The quantitative estimate of drug-likeness (QED) is 0.332. The van der Waals surface area contributed by atoms with Crippen molar-refractivity contribution in [2.45, 2.75) is 13.8 Å². The molecule has 188 valence electrons. The number of amides is 1. The monoisotopic (exact) mass is 494 g/mol. The number of rotatable bonds is 5. The fourth-order valence-electron chi connectivity index (χ4n) is 4.79. The Morgan fingerprint density at radius 3 is 2.62 bits per heavy atom. The first-order valence-electron chi connectivity index (χ1n) is 12.6. The van der Waals surface area contributed by atoms with Crippen LogP contribution in [-0.2, 0) is 4.79 Å². The molecule has 1 amide bonds. The Morgan fingerprint density at radius 2 is 1.81 bits per heavy atom. The molecule has 9 nitrogen and oxygen atoms in total. The van der Waals surface area contributed by atoms with Crippen molar-refractivity contribution in [3.8, 4) is 22.5 Å². The predicted octanol–water partition coefficient (Wildman–Crippen LogP) is 4.51. The van der Waals surface area contributed by atoms with Crippen LogP contribution in [-0.4, -0.2) is 69.2 Å². The summed E-state index contributed by atoms with van der Waals surface area (Å²) in [6.07, 6.45) is 5.35. The number of anilines is 2. The predicted molar refractivity (Wildman–Crippen MR) is 148 cm³/mol. The molecule has 9 heteroatoms. The zero-order valence-electron chi connectivity index (χ0n) is 21.2. The highest BCUT2D eigenvalue weighted by Gasteiger charge is 2.20. The molecule has 1 aliphatic heterocycles. The molecule has 0 bridgehead atoms. The summed E-state index contributed by atoms with van der Waals surface area (Å²) in [4.78, 5) is 29.5. The topological polar surface area (TPSA) is 106 Å². The van der Waals surface area contributed by atoms with Crippen molar-refractivity contribution in [1.82, 2.24) is 30.0 Å². The van der Waals surface area contributed by atoms with Gasteiger partial charge in [0.05, 0.1) is 28.6 Å². The Balaban J connectivity index is 1.36. The Hall–Kier alpha value is -4.24. The van der Waals surface area contributed by atoms with Crippen LogP contribution in [0.1, 0.15) is 13.8 Å². The average molecular weight is 495 g/mol. The van der Waals surface area contributed by atoms with E-state index in [4.69, 9.17) is 4.98 Å². The molecule has 1 fully saturated rings. The second-order valence-corrected chi connectivity index (χ2v) is 10.0. The molecule has 6 rings (SSSR count). The van der Waals surface area contributed by atoms with Crippen molar-refractivity contribution < 1.29 is 4.79 Å². The van der Waals surface area contributed by atoms with Gasteiger partial charge in [-0.25, -0.2) is 4.98 Å². The van der Waals surface area contributed by atoms with E-state index >= 15 is 0 Å². The zero-order valence-corrected chi connectivity index (χ0v) is 21.2. The molecule has 0 spiro atoms. The van der Waals surface area contributed by atoms with E-state index in [0.717, 1.165) is 76.3 Å². The van der Waals surface area contributed by atoms with Crippen molar-refractivity contribution in [2.24, 2.45) is 5.92 Å². The largest absolute Gasteiger partial charge is 0.353 e. The van der Waals surface area contributed by atoms with Gasteiger partial charge >= 0.3 is 0 Å². The number of H-pyrrole nitrogens is 2. The number of carbonyl (C=O) groups excluding carboxylic acids is 1. The molecule has 1 aromatic carbocycles. The Labute approximate surface area is 214 Å². The third kappa shape index (κ3) is 4.42. The minimum Gasteiger partial charge on any atom is -0.353 e. The van der Waals surface area contributed by atoms with Gasteiger partial charge in [-0.2, -0.15) is 5.10 Å². The maximum atomic E-state index is 12.2. The SMILES string of the molecule is CC(C)C(=O)Nc1cncc(-c2ccc3[nH]nc(-c4cc5c(N6CCN(C)CC6)nccc5[nH]4)c3c2)c1. The second-order valence-electron chi connectivity index (χ2n) is 10.0. The number of hydrogen-bond donors (Lipinski definition) is 3. The molecule has 5 heterocycles. The number of hydrogen-bond acceptors (Lipinski definition) is 6. The molecular weight excluding hydrogens is 464 g/mol. The van der Waals surface area contributed by atoms with Gasteiger partial charge in [-0.1, -0.05) is 19.9 Å². The molecule has 0 radical (unpaired) electrons. The fourth-order valence-corrected chi connectivity index (χ4v) is 4.79. The number of fused-ring (bicyclic) bond motifs is 2. The first-order chi connectivity index (χ1) is 18.0. The maximum absolute atomic E-state index is 12.2. The van der Waals surface area contributed by atoms with Crippen LogP contribution in [0.5, 0.6) is 0 Å². The number of piperazine rings is 1. The van der Waals surface area contributed by atoms with Crippen molar-refractivity contribution in [2.75, 3.05) is 43.4 Å². The van der Waals surface area contributed by atoms with Gasteiger partial charge in [-0.3, -0.25) is 14.9 Å². The Bertz CT molecular complexity index is 1590. The van der Waals surface area contributed by atoms with Crippen molar-refractivity contribution >= 4 is 39.2 Å². The summed E-state index contributed by atoms with van der Waals surface area (Å²) in [6, 6.07) is 12.3. The molecule has 5 aromatic rings. The van der Waals surface area contributed by atoms with Crippen LogP contribution in [0.4, 0.5) is 11.5 Å². The molecule has 37 heavy (non-hydrogen) atoms. The molecule has 0 unspecified atom stereocenters. The highest BCUT2D eigenvalue weighted by atomic mass is 16.1.